The lowest BCUT2D eigenvalue weighted by Gasteiger charge is -2.37. The number of Topliss-reactive ketones (excluding diaryl/α,β-unsaturated/α-hetero) is 1. The van der Waals surface area contributed by atoms with Crippen LogP contribution in [0.4, 0.5) is 11.4 Å². The Labute approximate surface area is 223 Å². The van der Waals surface area contributed by atoms with Gasteiger partial charge in [0.1, 0.15) is 0 Å². The lowest BCUT2D eigenvalue weighted by molar-refractivity contribution is -0.384. The topological polar surface area (TPSA) is 97.6 Å². The molecule has 0 spiro atoms. The van der Waals surface area contributed by atoms with Crippen LogP contribution in [0.15, 0.2) is 78.9 Å². The number of anilines is 1. The van der Waals surface area contributed by atoms with Gasteiger partial charge in [0.15, 0.2) is 5.78 Å². The lowest BCUT2D eigenvalue weighted by Crippen LogP contribution is -2.41. The largest absolute Gasteiger partial charge is 0.298 e. The first-order chi connectivity index (χ1) is 18.2. The van der Waals surface area contributed by atoms with Crippen LogP contribution in [0.3, 0.4) is 0 Å². The summed E-state index contributed by atoms with van der Waals surface area (Å²) in [5.74, 6) is -3.15. The molecule has 190 valence electrons. The minimum atomic E-state index is -1.28. The predicted octanol–water partition coefficient (Wildman–Crippen LogP) is 5.96. The number of nitro benzene ring substituents is 1. The number of fused-ring (bicyclic) bond motifs is 5. The minimum Gasteiger partial charge on any atom is -0.298 e. The Morgan fingerprint density at radius 1 is 0.868 bits per heavy atom. The van der Waals surface area contributed by atoms with Gasteiger partial charge in [-0.15, -0.1) is 0 Å². The van der Waals surface area contributed by atoms with Gasteiger partial charge < -0.3 is 0 Å². The van der Waals surface area contributed by atoms with Crippen LogP contribution in [-0.4, -0.2) is 22.5 Å². The number of allylic oxidation sites excluding steroid dienone is 2. The van der Waals surface area contributed by atoms with E-state index in [0.29, 0.717) is 6.42 Å². The van der Waals surface area contributed by atoms with Gasteiger partial charge in [0.05, 0.1) is 38.3 Å². The van der Waals surface area contributed by atoms with Crippen LogP contribution in [0.1, 0.15) is 31.4 Å². The van der Waals surface area contributed by atoms with Crippen LogP contribution in [0.5, 0.6) is 0 Å². The Balaban J connectivity index is 1.63. The Bertz CT molecular complexity index is 1580. The molecule has 1 saturated heterocycles. The number of hydrogen-bond acceptors (Lipinski definition) is 5. The van der Waals surface area contributed by atoms with E-state index in [4.69, 9.17) is 11.6 Å². The van der Waals surface area contributed by atoms with Crippen molar-refractivity contribution in [1.82, 2.24) is 0 Å². The van der Waals surface area contributed by atoms with Crippen molar-refractivity contribution in [1.29, 1.82) is 0 Å². The monoisotopic (exact) mass is 526 g/mol. The molecular formula is C30H23ClN2O5. The fourth-order valence-electron chi connectivity index (χ4n) is 7.15. The molecule has 3 aromatic rings. The third-order valence-corrected chi connectivity index (χ3v) is 8.94. The summed E-state index contributed by atoms with van der Waals surface area (Å²) in [5, 5.41) is 11.5. The first kappa shape index (κ1) is 24.2. The molecule has 3 aromatic carbocycles. The third-order valence-electron chi connectivity index (χ3n) is 8.62. The number of rotatable bonds is 5. The van der Waals surface area contributed by atoms with Crippen molar-refractivity contribution in [2.45, 2.75) is 20.3 Å². The van der Waals surface area contributed by atoms with E-state index in [1.165, 1.54) is 12.1 Å². The number of carbonyl (C=O) groups excluding carboxylic acids is 3. The fraction of sp³-hybridized carbons (Fsp3) is 0.233. The van der Waals surface area contributed by atoms with Gasteiger partial charge in [0.2, 0.25) is 11.8 Å². The van der Waals surface area contributed by atoms with E-state index in [1.54, 1.807) is 6.92 Å². The van der Waals surface area contributed by atoms with Crippen molar-refractivity contribution in [2.24, 2.45) is 22.7 Å². The van der Waals surface area contributed by atoms with Crippen molar-refractivity contribution >= 4 is 51.7 Å². The van der Waals surface area contributed by atoms with Crippen molar-refractivity contribution in [3.05, 3.63) is 105 Å². The molecule has 7 nitrogen and oxygen atoms in total. The minimum absolute atomic E-state index is 0.0329. The van der Waals surface area contributed by atoms with E-state index in [9.17, 15) is 24.5 Å². The van der Waals surface area contributed by atoms with Gasteiger partial charge in [0, 0.05) is 12.1 Å². The molecule has 0 N–H and O–H groups in total. The SMILES string of the molecule is CCC12C(=O)C(C)(C(c3ccccc3)=C1c1ccccc1)C1C(=O)N(c3cc([N+](=O)[O-])ccc3Cl)C(=O)C12. The van der Waals surface area contributed by atoms with Gasteiger partial charge in [-0.25, -0.2) is 4.90 Å². The zero-order valence-electron chi connectivity index (χ0n) is 20.7. The summed E-state index contributed by atoms with van der Waals surface area (Å²) in [6.45, 7) is 3.64. The Hall–Kier alpha value is -4.10. The molecule has 2 fully saturated rings. The maximum absolute atomic E-state index is 14.5. The molecule has 2 aliphatic carbocycles. The summed E-state index contributed by atoms with van der Waals surface area (Å²) < 4.78 is 0. The van der Waals surface area contributed by atoms with E-state index in [2.05, 4.69) is 0 Å². The van der Waals surface area contributed by atoms with Crippen LogP contribution in [0.25, 0.3) is 11.1 Å². The van der Waals surface area contributed by atoms with Gasteiger partial charge in [-0.3, -0.25) is 24.5 Å². The average Bonchev–Trinajstić information content (AvgIpc) is 3.39. The van der Waals surface area contributed by atoms with Gasteiger partial charge >= 0.3 is 0 Å². The van der Waals surface area contributed by atoms with Gasteiger partial charge in [-0.05, 0) is 41.7 Å². The summed E-state index contributed by atoms with van der Waals surface area (Å²) in [5.41, 5.74) is 0.348. The average molecular weight is 527 g/mol. The van der Waals surface area contributed by atoms with E-state index in [-0.39, 0.29) is 22.2 Å². The molecular weight excluding hydrogens is 504 g/mol. The van der Waals surface area contributed by atoms with E-state index >= 15 is 0 Å². The molecule has 8 heteroatoms. The Kier molecular flexibility index (Phi) is 5.23. The third kappa shape index (κ3) is 2.82. The lowest BCUT2D eigenvalue weighted by atomic mass is 9.62. The standard InChI is InChI=1S/C30H23ClN2O5/c1-3-30-23(18-12-8-5-9-13-18)22(17-10-6-4-7-11-17)29(2,28(30)36)24-25(30)27(35)32(26(24)34)21-16-19(33(37)38)14-15-20(21)31/h4-16,24-25H,3H2,1-2H3. The molecule has 0 aromatic heterocycles. The fourth-order valence-corrected chi connectivity index (χ4v) is 7.35. The van der Waals surface area contributed by atoms with Gasteiger partial charge in [-0.2, -0.15) is 0 Å². The number of amides is 2. The highest BCUT2D eigenvalue weighted by atomic mass is 35.5. The molecule has 0 radical (unpaired) electrons. The van der Waals surface area contributed by atoms with E-state index in [1.807, 2.05) is 67.6 Å². The zero-order valence-corrected chi connectivity index (χ0v) is 21.4. The van der Waals surface area contributed by atoms with Crippen molar-refractivity contribution in [3.63, 3.8) is 0 Å². The van der Waals surface area contributed by atoms with E-state index in [0.717, 1.165) is 33.2 Å². The summed E-state index contributed by atoms with van der Waals surface area (Å²) >= 11 is 6.39. The second-order valence-electron chi connectivity index (χ2n) is 10.2. The van der Waals surface area contributed by atoms with Crippen LogP contribution in [-0.2, 0) is 14.4 Å². The number of halogens is 1. The Morgan fingerprint density at radius 2 is 1.42 bits per heavy atom. The maximum atomic E-state index is 14.5. The molecule has 38 heavy (non-hydrogen) atoms. The molecule has 6 rings (SSSR count). The molecule has 4 unspecified atom stereocenters. The second-order valence-corrected chi connectivity index (χ2v) is 10.6. The molecule has 2 bridgehead atoms. The molecule has 1 saturated carbocycles. The van der Waals surface area contributed by atoms with E-state index < -0.39 is 39.4 Å². The molecule has 4 atom stereocenters. The van der Waals surface area contributed by atoms with Crippen molar-refractivity contribution in [2.75, 3.05) is 4.90 Å². The highest BCUT2D eigenvalue weighted by Crippen LogP contribution is 2.74. The summed E-state index contributed by atoms with van der Waals surface area (Å²) in [7, 11) is 0. The summed E-state index contributed by atoms with van der Waals surface area (Å²) in [6.07, 6.45) is 0.318. The normalized spacial score (nSPS) is 27.9. The number of hydrogen-bond donors (Lipinski definition) is 0. The quantitative estimate of drug-likeness (QED) is 0.232. The second kappa shape index (κ2) is 8.20. The highest BCUT2D eigenvalue weighted by molar-refractivity contribution is 6.39. The first-order valence-corrected chi connectivity index (χ1v) is 12.8. The molecule has 2 amide bonds. The summed E-state index contributed by atoms with van der Waals surface area (Å²) in [6, 6.07) is 22.7. The first-order valence-electron chi connectivity index (χ1n) is 12.4. The van der Waals surface area contributed by atoms with Crippen LogP contribution in [0.2, 0.25) is 5.02 Å². The van der Waals surface area contributed by atoms with Crippen LogP contribution in [0, 0.1) is 32.8 Å². The van der Waals surface area contributed by atoms with Crippen LogP contribution >= 0.6 is 11.6 Å². The van der Waals surface area contributed by atoms with Crippen molar-refractivity contribution < 1.29 is 19.3 Å². The Morgan fingerprint density at radius 3 is 1.97 bits per heavy atom. The summed E-state index contributed by atoms with van der Waals surface area (Å²) in [4.78, 5) is 54.7. The van der Waals surface area contributed by atoms with Crippen LogP contribution < -0.4 is 4.90 Å². The molecule has 1 heterocycles. The number of nitro groups is 1. The zero-order chi connectivity index (χ0) is 27.0. The number of nitrogens with zero attached hydrogens (tertiary/aromatic N) is 2. The van der Waals surface area contributed by atoms with Gasteiger partial charge in [-0.1, -0.05) is 79.2 Å². The molecule has 3 aliphatic rings. The van der Waals surface area contributed by atoms with Gasteiger partial charge in [0.25, 0.3) is 5.69 Å². The number of benzene rings is 3. The number of imide groups is 1. The molecule has 1 aliphatic heterocycles. The maximum Gasteiger partial charge on any atom is 0.271 e. The highest BCUT2D eigenvalue weighted by Gasteiger charge is 2.79. The number of non-ortho nitro benzene ring substituents is 1. The predicted molar refractivity (Wildman–Crippen MR) is 143 cm³/mol. The number of carbonyl (C=O) groups is 3. The van der Waals surface area contributed by atoms with Crippen molar-refractivity contribution in [3.8, 4) is 0 Å². The smallest absolute Gasteiger partial charge is 0.271 e. The number of ketones is 1.